The maximum Gasteiger partial charge on any atom is 0.256 e. The number of fused-ring (bicyclic) bond motifs is 1. The highest BCUT2D eigenvalue weighted by Gasteiger charge is 2.31. The van der Waals surface area contributed by atoms with Crippen molar-refractivity contribution in [1.29, 1.82) is 0 Å². The number of rotatable bonds is 4. The summed E-state index contributed by atoms with van der Waals surface area (Å²) in [5.41, 5.74) is 4.51. The minimum Gasteiger partial charge on any atom is -0.307 e. The molecule has 0 spiro atoms. The van der Waals surface area contributed by atoms with Crippen molar-refractivity contribution in [2.45, 2.75) is 46.6 Å². The third-order valence-corrected chi connectivity index (χ3v) is 5.20. The van der Waals surface area contributed by atoms with Gasteiger partial charge in [0.1, 0.15) is 5.82 Å². The Morgan fingerprint density at radius 1 is 1.15 bits per heavy atom. The van der Waals surface area contributed by atoms with Gasteiger partial charge in [0, 0.05) is 22.7 Å². The summed E-state index contributed by atoms with van der Waals surface area (Å²) >= 11 is 0. The first kappa shape index (κ1) is 16.8. The molecule has 1 N–H and O–H groups in total. The minimum atomic E-state index is -0.128. The van der Waals surface area contributed by atoms with Crippen molar-refractivity contribution in [2.75, 3.05) is 5.32 Å². The molecule has 2 aromatic heterocycles. The highest BCUT2D eigenvalue weighted by Crippen LogP contribution is 2.40. The van der Waals surface area contributed by atoms with Crippen LogP contribution in [0.15, 0.2) is 30.3 Å². The fraction of sp³-hybridized carbons (Fsp3) is 0.381. The zero-order chi connectivity index (χ0) is 18.4. The third-order valence-electron chi connectivity index (χ3n) is 5.20. The van der Waals surface area contributed by atoms with Crippen molar-refractivity contribution in [1.82, 2.24) is 14.8 Å². The molecule has 2 heterocycles. The fourth-order valence-electron chi connectivity index (χ4n) is 3.60. The average molecular weight is 348 g/mol. The molecule has 134 valence electrons. The molecule has 5 heteroatoms. The molecule has 1 amide bonds. The first-order valence-electron chi connectivity index (χ1n) is 9.18. The van der Waals surface area contributed by atoms with E-state index in [4.69, 9.17) is 0 Å². The van der Waals surface area contributed by atoms with Crippen LogP contribution in [0.1, 0.15) is 53.1 Å². The Kier molecular flexibility index (Phi) is 4.02. The van der Waals surface area contributed by atoms with Gasteiger partial charge in [0.05, 0.1) is 17.3 Å². The largest absolute Gasteiger partial charge is 0.307 e. The topological polar surface area (TPSA) is 59.8 Å². The van der Waals surface area contributed by atoms with Crippen LogP contribution in [-0.2, 0) is 0 Å². The molecule has 3 aromatic rings. The summed E-state index contributed by atoms with van der Waals surface area (Å²) in [5.74, 6) is 1.30. The summed E-state index contributed by atoms with van der Waals surface area (Å²) < 4.78 is 1.96. The van der Waals surface area contributed by atoms with Crippen LogP contribution >= 0.6 is 0 Å². The lowest BCUT2D eigenvalue weighted by atomic mass is 10.1. The Labute approximate surface area is 153 Å². The van der Waals surface area contributed by atoms with Gasteiger partial charge in [-0.3, -0.25) is 9.78 Å². The molecule has 0 bridgehead atoms. The van der Waals surface area contributed by atoms with Crippen LogP contribution < -0.4 is 5.32 Å². The van der Waals surface area contributed by atoms with Crippen LogP contribution in [0, 0.1) is 26.7 Å². The molecule has 26 heavy (non-hydrogen) atoms. The number of amides is 1. The maximum absolute atomic E-state index is 12.8. The highest BCUT2D eigenvalue weighted by molar-refractivity contribution is 6.06. The van der Waals surface area contributed by atoms with E-state index in [0.29, 0.717) is 17.5 Å². The van der Waals surface area contributed by atoms with Gasteiger partial charge in [-0.15, -0.1) is 0 Å². The molecule has 0 aliphatic heterocycles. The van der Waals surface area contributed by atoms with Gasteiger partial charge in [0.15, 0.2) is 0 Å². The van der Waals surface area contributed by atoms with Gasteiger partial charge in [0.2, 0.25) is 0 Å². The molecule has 1 atom stereocenters. The second kappa shape index (κ2) is 6.24. The summed E-state index contributed by atoms with van der Waals surface area (Å²) in [5, 5.41) is 8.70. The van der Waals surface area contributed by atoms with Crippen LogP contribution in [0.4, 0.5) is 5.82 Å². The van der Waals surface area contributed by atoms with Crippen molar-refractivity contribution in [3.8, 4) is 0 Å². The molecule has 1 fully saturated rings. The Hall–Kier alpha value is -2.69. The normalized spacial score (nSPS) is 15.2. The van der Waals surface area contributed by atoms with Crippen LogP contribution in [-0.4, -0.2) is 20.7 Å². The van der Waals surface area contributed by atoms with E-state index < -0.39 is 0 Å². The zero-order valence-electron chi connectivity index (χ0n) is 15.7. The summed E-state index contributed by atoms with van der Waals surface area (Å²) in [6.07, 6.45) is 2.48. The number of aromatic nitrogens is 3. The van der Waals surface area contributed by atoms with Gasteiger partial charge in [-0.2, -0.15) is 5.10 Å². The molecule has 0 saturated heterocycles. The molecule has 1 unspecified atom stereocenters. The fourth-order valence-corrected chi connectivity index (χ4v) is 3.60. The summed E-state index contributed by atoms with van der Waals surface area (Å²) in [7, 11) is 0. The average Bonchev–Trinajstić information content (AvgIpc) is 3.37. The Bertz CT molecular complexity index is 1000. The molecule has 4 rings (SSSR count). The van der Waals surface area contributed by atoms with Crippen molar-refractivity contribution >= 4 is 22.6 Å². The molecule has 1 aliphatic rings. The Morgan fingerprint density at radius 3 is 2.65 bits per heavy atom. The number of carbonyl (C=O) groups is 1. The quantitative estimate of drug-likeness (QED) is 0.751. The lowest BCUT2D eigenvalue weighted by Crippen LogP contribution is -2.18. The monoisotopic (exact) mass is 348 g/mol. The first-order valence-corrected chi connectivity index (χ1v) is 9.18. The van der Waals surface area contributed by atoms with Gasteiger partial charge >= 0.3 is 0 Å². The van der Waals surface area contributed by atoms with Crippen molar-refractivity contribution in [3.05, 3.63) is 52.8 Å². The van der Waals surface area contributed by atoms with E-state index >= 15 is 0 Å². The summed E-state index contributed by atoms with van der Waals surface area (Å²) in [6, 6.07) is 10.00. The number of aryl methyl sites for hydroxylation is 3. The van der Waals surface area contributed by atoms with E-state index in [1.54, 1.807) is 0 Å². The van der Waals surface area contributed by atoms with Gasteiger partial charge in [-0.1, -0.05) is 6.07 Å². The zero-order valence-corrected chi connectivity index (χ0v) is 15.7. The Morgan fingerprint density at radius 2 is 1.92 bits per heavy atom. The summed E-state index contributed by atoms with van der Waals surface area (Å²) in [4.78, 5) is 17.4. The summed E-state index contributed by atoms with van der Waals surface area (Å²) in [6.45, 7) is 8.17. The van der Waals surface area contributed by atoms with Gasteiger partial charge in [0.25, 0.3) is 5.91 Å². The second-order valence-electron chi connectivity index (χ2n) is 7.46. The number of nitrogens with one attached hydrogen (secondary N) is 1. The number of benzene rings is 1. The molecule has 0 radical (unpaired) electrons. The molecule has 1 aromatic carbocycles. The highest BCUT2D eigenvalue weighted by atomic mass is 16.1. The maximum atomic E-state index is 12.8. The van der Waals surface area contributed by atoms with Gasteiger partial charge < -0.3 is 5.32 Å². The molecular weight excluding hydrogens is 324 g/mol. The van der Waals surface area contributed by atoms with E-state index in [1.165, 1.54) is 18.4 Å². The number of pyridine rings is 1. The van der Waals surface area contributed by atoms with Crippen LogP contribution in [0.2, 0.25) is 0 Å². The van der Waals surface area contributed by atoms with Crippen molar-refractivity contribution in [3.63, 3.8) is 0 Å². The van der Waals surface area contributed by atoms with E-state index in [1.807, 2.05) is 42.8 Å². The second-order valence-corrected chi connectivity index (χ2v) is 7.46. The van der Waals surface area contributed by atoms with Gasteiger partial charge in [-0.05, 0) is 70.2 Å². The molecule has 1 saturated carbocycles. The van der Waals surface area contributed by atoms with Gasteiger partial charge in [-0.25, -0.2) is 4.68 Å². The van der Waals surface area contributed by atoms with Crippen LogP contribution in [0.3, 0.4) is 0 Å². The first-order chi connectivity index (χ1) is 12.4. The van der Waals surface area contributed by atoms with Crippen molar-refractivity contribution in [2.24, 2.45) is 5.92 Å². The molecular formula is C21H24N4O. The number of anilines is 1. The number of hydrogen-bond donors (Lipinski definition) is 1. The van der Waals surface area contributed by atoms with E-state index in [9.17, 15) is 4.79 Å². The lowest BCUT2D eigenvalue weighted by Gasteiger charge is -2.15. The predicted molar refractivity (Wildman–Crippen MR) is 104 cm³/mol. The SMILES string of the molecule is Cc1cc(C)c2ccc(C(=O)Nc3cc(C)nn3C(C)C3CC3)cc2n1. The molecule has 5 nitrogen and oxygen atoms in total. The number of hydrogen-bond acceptors (Lipinski definition) is 3. The van der Waals surface area contributed by atoms with E-state index in [0.717, 1.165) is 28.1 Å². The standard InChI is InChI=1S/C21H24N4O/c1-12-9-13(2)22-19-11-17(7-8-18(12)19)21(26)23-20-10-14(3)24-25(20)15(4)16-5-6-16/h7-11,15-16H,5-6H2,1-4H3,(H,23,26). The Balaban J connectivity index is 1.63. The van der Waals surface area contributed by atoms with Crippen LogP contribution in [0.5, 0.6) is 0 Å². The van der Waals surface area contributed by atoms with E-state index in [-0.39, 0.29) is 5.91 Å². The smallest absolute Gasteiger partial charge is 0.256 e. The lowest BCUT2D eigenvalue weighted by molar-refractivity contribution is 0.102. The minimum absolute atomic E-state index is 0.128. The molecule has 1 aliphatic carbocycles. The number of nitrogens with zero attached hydrogens (tertiary/aromatic N) is 3. The van der Waals surface area contributed by atoms with Crippen LogP contribution in [0.25, 0.3) is 10.9 Å². The van der Waals surface area contributed by atoms with Crippen molar-refractivity contribution < 1.29 is 4.79 Å². The number of carbonyl (C=O) groups excluding carboxylic acids is 1. The predicted octanol–water partition coefficient (Wildman–Crippen LogP) is 4.58. The van der Waals surface area contributed by atoms with E-state index in [2.05, 4.69) is 35.3 Å². The third kappa shape index (κ3) is 3.09.